The van der Waals surface area contributed by atoms with Crippen molar-refractivity contribution in [2.75, 3.05) is 24.5 Å². The highest BCUT2D eigenvalue weighted by Gasteiger charge is 2.23. The number of halogens is 1. The van der Waals surface area contributed by atoms with Crippen LogP contribution in [-0.2, 0) is 4.79 Å². The normalized spacial score (nSPS) is 17.8. The molecule has 0 spiro atoms. The third kappa shape index (κ3) is 4.17. The lowest BCUT2D eigenvalue weighted by atomic mass is 10.2. The van der Waals surface area contributed by atoms with Gasteiger partial charge >= 0.3 is 0 Å². The van der Waals surface area contributed by atoms with Gasteiger partial charge in [-0.1, -0.05) is 36.0 Å². The van der Waals surface area contributed by atoms with Crippen LogP contribution in [0.2, 0.25) is 0 Å². The minimum atomic E-state index is 0. The maximum absolute atomic E-state index is 12.3. The average Bonchev–Trinajstić information content (AvgIpc) is 3.17. The Bertz CT molecular complexity index is 719. The first kappa shape index (κ1) is 19.1. The number of nitrogens with one attached hydrogen (secondary N) is 2. The van der Waals surface area contributed by atoms with Crippen LogP contribution in [0, 0.1) is 0 Å². The van der Waals surface area contributed by atoms with Gasteiger partial charge in [0.1, 0.15) is 0 Å². The molecule has 138 valence electrons. The smallest absolute Gasteiger partial charge is 0.221 e. The molecule has 0 aliphatic carbocycles. The highest BCUT2D eigenvalue weighted by Crippen LogP contribution is 2.47. The van der Waals surface area contributed by atoms with E-state index in [1.54, 1.807) is 11.8 Å². The Morgan fingerprint density at radius 3 is 2.38 bits per heavy atom. The molecule has 1 atom stereocenters. The molecule has 1 fully saturated rings. The minimum absolute atomic E-state index is 0. The molecule has 4 rings (SSSR count). The first-order valence-electron chi connectivity index (χ1n) is 8.95. The van der Waals surface area contributed by atoms with E-state index in [1.165, 1.54) is 27.6 Å². The molecule has 2 aromatic carbocycles. The lowest BCUT2D eigenvalue weighted by molar-refractivity contribution is -0.120. The number of carbonyl (C=O) groups is 1. The molecule has 2 heterocycles. The van der Waals surface area contributed by atoms with Crippen molar-refractivity contribution in [3.8, 4) is 0 Å². The Morgan fingerprint density at radius 1 is 1.12 bits per heavy atom. The molecule has 6 heteroatoms. The maximum atomic E-state index is 12.3. The molecule has 1 unspecified atom stereocenters. The molecular weight excluding hydrogens is 366 g/mol. The second kappa shape index (κ2) is 8.80. The second-order valence-corrected chi connectivity index (χ2v) is 7.62. The van der Waals surface area contributed by atoms with Crippen molar-refractivity contribution in [2.45, 2.75) is 35.1 Å². The van der Waals surface area contributed by atoms with Gasteiger partial charge in [0.05, 0.1) is 11.4 Å². The Morgan fingerprint density at radius 2 is 1.77 bits per heavy atom. The third-order valence-corrected chi connectivity index (χ3v) is 5.93. The van der Waals surface area contributed by atoms with Crippen LogP contribution in [0.5, 0.6) is 0 Å². The minimum Gasteiger partial charge on any atom is -0.354 e. The molecule has 2 aliphatic heterocycles. The zero-order chi connectivity index (χ0) is 17.1. The zero-order valence-electron chi connectivity index (χ0n) is 14.6. The predicted octanol–water partition coefficient (Wildman–Crippen LogP) is 3.97. The number of rotatable bonds is 5. The van der Waals surface area contributed by atoms with E-state index in [-0.39, 0.29) is 18.3 Å². The van der Waals surface area contributed by atoms with Crippen molar-refractivity contribution in [2.24, 2.45) is 0 Å². The monoisotopic (exact) mass is 389 g/mol. The fourth-order valence-electron chi connectivity index (χ4n) is 3.49. The second-order valence-electron chi connectivity index (χ2n) is 6.54. The number of para-hydroxylation sites is 2. The number of hydrogen-bond acceptors (Lipinski definition) is 4. The summed E-state index contributed by atoms with van der Waals surface area (Å²) in [5, 5.41) is 6.49. The molecule has 0 aromatic heterocycles. The molecule has 1 amide bonds. The molecule has 0 radical (unpaired) electrons. The summed E-state index contributed by atoms with van der Waals surface area (Å²) in [5.41, 5.74) is 2.38. The summed E-state index contributed by atoms with van der Waals surface area (Å²) in [6.07, 6.45) is 2.87. The number of fused-ring (bicyclic) bond motifs is 2. The summed E-state index contributed by atoms with van der Waals surface area (Å²) in [6, 6.07) is 17.3. The molecular formula is C20H24ClN3OS. The molecule has 2 aliphatic rings. The lowest BCUT2D eigenvalue weighted by Gasteiger charge is -2.32. The van der Waals surface area contributed by atoms with Crippen LogP contribution in [0.4, 0.5) is 11.4 Å². The van der Waals surface area contributed by atoms with Gasteiger partial charge in [-0.05, 0) is 43.7 Å². The predicted molar refractivity (Wildman–Crippen MR) is 110 cm³/mol. The first-order chi connectivity index (χ1) is 12.3. The summed E-state index contributed by atoms with van der Waals surface area (Å²) in [7, 11) is 0. The summed E-state index contributed by atoms with van der Waals surface area (Å²) < 4.78 is 0. The fraction of sp³-hybridized carbons (Fsp3) is 0.350. The van der Waals surface area contributed by atoms with E-state index in [4.69, 9.17) is 0 Å². The van der Waals surface area contributed by atoms with Gasteiger partial charge in [0.15, 0.2) is 0 Å². The molecule has 0 saturated carbocycles. The van der Waals surface area contributed by atoms with Crippen molar-refractivity contribution < 1.29 is 4.79 Å². The van der Waals surface area contributed by atoms with E-state index < -0.39 is 0 Å². The molecule has 4 nitrogen and oxygen atoms in total. The van der Waals surface area contributed by atoms with Gasteiger partial charge in [-0.15, -0.1) is 12.4 Å². The van der Waals surface area contributed by atoms with Crippen LogP contribution in [0.15, 0.2) is 58.3 Å². The molecule has 0 bridgehead atoms. The summed E-state index contributed by atoms with van der Waals surface area (Å²) >= 11 is 1.80. The summed E-state index contributed by atoms with van der Waals surface area (Å²) in [5.74, 6) is 0.127. The van der Waals surface area contributed by atoms with Crippen LogP contribution >= 0.6 is 24.2 Å². The fourth-order valence-corrected chi connectivity index (χ4v) is 4.59. The van der Waals surface area contributed by atoms with Crippen molar-refractivity contribution >= 4 is 41.5 Å². The Labute approximate surface area is 165 Å². The number of carbonyl (C=O) groups excluding carboxylic acids is 1. The van der Waals surface area contributed by atoms with Gasteiger partial charge in [-0.2, -0.15) is 0 Å². The van der Waals surface area contributed by atoms with Gasteiger partial charge in [-0.3, -0.25) is 4.79 Å². The van der Waals surface area contributed by atoms with E-state index in [2.05, 4.69) is 64.1 Å². The van der Waals surface area contributed by atoms with E-state index >= 15 is 0 Å². The zero-order valence-corrected chi connectivity index (χ0v) is 16.2. The Kier molecular flexibility index (Phi) is 6.46. The van der Waals surface area contributed by atoms with Crippen molar-refractivity contribution in [1.29, 1.82) is 0 Å². The first-order valence-corrected chi connectivity index (χ1v) is 9.76. The third-order valence-electron chi connectivity index (χ3n) is 4.80. The summed E-state index contributed by atoms with van der Waals surface area (Å²) in [4.78, 5) is 17.1. The largest absolute Gasteiger partial charge is 0.354 e. The molecule has 2 N–H and O–H groups in total. The summed E-state index contributed by atoms with van der Waals surface area (Å²) in [6.45, 7) is 2.50. The SMILES string of the molecule is Cl.O=C(CCN1c2ccccc2Sc2ccccc21)NCC1CCCN1. The Balaban J connectivity index is 0.00000196. The quantitative estimate of drug-likeness (QED) is 0.812. The van der Waals surface area contributed by atoms with Gasteiger partial charge in [0.25, 0.3) is 0 Å². The van der Waals surface area contributed by atoms with E-state index in [0.29, 0.717) is 19.0 Å². The van der Waals surface area contributed by atoms with E-state index in [1.807, 2.05) is 0 Å². The average molecular weight is 390 g/mol. The molecule has 26 heavy (non-hydrogen) atoms. The van der Waals surface area contributed by atoms with Gasteiger partial charge < -0.3 is 15.5 Å². The van der Waals surface area contributed by atoms with Crippen molar-refractivity contribution in [3.63, 3.8) is 0 Å². The number of amides is 1. The van der Waals surface area contributed by atoms with Crippen LogP contribution in [-0.4, -0.2) is 31.6 Å². The number of benzene rings is 2. The molecule has 2 aromatic rings. The Hall–Kier alpha value is -1.69. The highest BCUT2D eigenvalue weighted by molar-refractivity contribution is 7.99. The van der Waals surface area contributed by atoms with Gasteiger partial charge in [-0.25, -0.2) is 0 Å². The number of anilines is 2. The maximum Gasteiger partial charge on any atom is 0.221 e. The van der Waals surface area contributed by atoms with Crippen LogP contribution in [0.25, 0.3) is 0 Å². The van der Waals surface area contributed by atoms with Gasteiger partial charge in [0, 0.05) is 35.3 Å². The lowest BCUT2D eigenvalue weighted by Crippen LogP contribution is -2.38. The number of hydrogen-bond donors (Lipinski definition) is 2. The van der Waals surface area contributed by atoms with E-state index in [9.17, 15) is 4.79 Å². The number of nitrogens with zero attached hydrogens (tertiary/aromatic N) is 1. The molecule has 1 saturated heterocycles. The standard InChI is InChI=1S/C20H23N3OS.ClH/c24-20(22-14-15-6-5-12-21-15)11-13-23-16-7-1-3-9-18(16)25-19-10-4-2-8-17(19)23;/h1-4,7-10,15,21H,5-6,11-14H2,(H,22,24);1H. The highest BCUT2D eigenvalue weighted by atomic mass is 35.5. The topological polar surface area (TPSA) is 44.4 Å². The van der Waals surface area contributed by atoms with Crippen molar-refractivity contribution in [1.82, 2.24) is 10.6 Å². The van der Waals surface area contributed by atoms with E-state index in [0.717, 1.165) is 19.5 Å². The van der Waals surface area contributed by atoms with Gasteiger partial charge in [0.2, 0.25) is 5.91 Å². The van der Waals surface area contributed by atoms with Crippen LogP contribution in [0.3, 0.4) is 0 Å². The van der Waals surface area contributed by atoms with Crippen LogP contribution < -0.4 is 15.5 Å². The van der Waals surface area contributed by atoms with Crippen LogP contribution in [0.1, 0.15) is 19.3 Å². The van der Waals surface area contributed by atoms with Crippen molar-refractivity contribution in [3.05, 3.63) is 48.5 Å².